The summed E-state index contributed by atoms with van der Waals surface area (Å²) in [5.74, 6) is 0.0882. The maximum atomic E-state index is 11.0. The van der Waals surface area contributed by atoms with Gasteiger partial charge in [-0.1, -0.05) is 0 Å². The highest BCUT2D eigenvalue weighted by Gasteiger charge is 2.26. The largest absolute Gasteiger partial charge is 0.229 e. The van der Waals surface area contributed by atoms with E-state index < -0.39 is 25.1 Å². The molecule has 0 bridgehead atoms. The Labute approximate surface area is 88.8 Å². The lowest BCUT2D eigenvalue weighted by atomic mass is 10.2. The van der Waals surface area contributed by atoms with Crippen LogP contribution in [-0.4, -0.2) is 39.6 Å². The minimum Gasteiger partial charge on any atom is -0.229 e. The third kappa shape index (κ3) is 3.72. The minimum atomic E-state index is -3.44. The highest BCUT2D eigenvalue weighted by molar-refractivity contribution is 7.91. The second-order valence-corrected chi connectivity index (χ2v) is 7.91. The van der Waals surface area contributed by atoms with Crippen LogP contribution >= 0.6 is 11.6 Å². The van der Waals surface area contributed by atoms with E-state index in [4.69, 9.17) is 11.6 Å². The van der Waals surface area contributed by atoms with Crippen molar-refractivity contribution in [2.75, 3.05) is 16.7 Å². The molecule has 0 saturated carbocycles. The molecular formula is C6H12ClNO4S2. The smallest absolute Gasteiger partial charge is 0.225 e. The normalized spacial score (nSPS) is 23.5. The zero-order chi connectivity index (χ0) is 10.8. The molecule has 1 aliphatic heterocycles. The van der Waals surface area contributed by atoms with Crippen molar-refractivity contribution in [3.63, 3.8) is 0 Å². The first-order valence-electron chi connectivity index (χ1n) is 4.11. The van der Waals surface area contributed by atoms with Gasteiger partial charge in [-0.05, 0) is 12.8 Å². The Balaban J connectivity index is 2.52. The van der Waals surface area contributed by atoms with Crippen molar-refractivity contribution in [2.24, 2.45) is 0 Å². The molecule has 0 atom stereocenters. The summed E-state index contributed by atoms with van der Waals surface area (Å²) in [6.07, 6.45) is 0.664. The lowest BCUT2D eigenvalue weighted by molar-refractivity contribution is 0.507. The molecule has 1 heterocycles. The van der Waals surface area contributed by atoms with E-state index in [9.17, 15) is 16.8 Å². The molecule has 0 amide bonds. The number of hydrogen-bond acceptors (Lipinski definition) is 4. The van der Waals surface area contributed by atoms with E-state index >= 15 is 0 Å². The molecule has 1 N–H and O–H groups in total. The number of rotatable bonds is 3. The van der Waals surface area contributed by atoms with Gasteiger partial charge in [-0.2, -0.15) is 0 Å². The summed E-state index contributed by atoms with van der Waals surface area (Å²) in [5, 5.41) is -0.490. The molecule has 1 saturated heterocycles. The van der Waals surface area contributed by atoms with Crippen LogP contribution in [0.4, 0.5) is 0 Å². The molecule has 14 heavy (non-hydrogen) atoms. The standard InChI is InChI=1S/C6H12ClNO4S2/c7-5-14(11,12)8-6-1-3-13(9,10)4-2-6/h6,8H,1-5H2. The molecule has 1 aliphatic rings. The van der Waals surface area contributed by atoms with Gasteiger partial charge in [-0.25, -0.2) is 21.6 Å². The lowest BCUT2D eigenvalue weighted by Crippen LogP contribution is -2.41. The molecule has 8 heteroatoms. The van der Waals surface area contributed by atoms with Gasteiger partial charge in [0.15, 0.2) is 0 Å². The quantitative estimate of drug-likeness (QED) is 0.706. The van der Waals surface area contributed by atoms with Crippen molar-refractivity contribution in [1.29, 1.82) is 0 Å². The Hall–Kier alpha value is 0.150. The average molecular weight is 262 g/mol. The van der Waals surface area contributed by atoms with Gasteiger partial charge < -0.3 is 0 Å². The molecule has 5 nitrogen and oxygen atoms in total. The number of sulfonamides is 1. The van der Waals surface area contributed by atoms with Gasteiger partial charge in [-0.15, -0.1) is 11.6 Å². The first-order chi connectivity index (χ1) is 6.35. The van der Waals surface area contributed by atoms with Crippen molar-refractivity contribution in [3.05, 3.63) is 0 Å². The van der Waals surface area contributed by atoms with Gasteiger partial charge in [0.1, 0.15) is 15.0 Å². The molecule has 1 fully saturated rings. The van der Waals surface area contributed by atoms with E-state index in [0.717, 1.165) is 0 Å². The van der Waals surface area contributed by atoms with Gasteiger partial charge in [0.2, 0.25) is 10.0 Å². The summed E-state index contributed by atoms with van der Waals surface area (Å²) in [6, 6.07) is -0.290. The van der Waals surface area contributed by atoms with E-state index in [0.29, 0.717) is 12.8 Å². The molecule has 0 aromatic rings. The first-order valence-corrected chi connectivity index (χ1v) is 8.12. The van der Waals surface area contributed by atoms with E-state index in [-0.39, 0.29) is 17.5 Å². The third-order valence-electron chi connectivity index (χ3n) is 2.04. The molecule has 0 unspecified atom stereocenters. The highest BCUT2D eigenvalue weighted by atomic mass is 35.5. The lowest BCUT2D eigenvalue weighted by Gasteiger charge is -2.22. The first kappa shape index (κ1) is 12.2. The summed E-state index contributed by atoms with van der Waals surface area (Å²) in [5.41, 5.74) is 0. The Bertz CT molecular complexity index is 374. The molecule has 0 aromatic heterocycles. The Morgan fingerprint density at radius 2 is 1.79 bits per heavy atom. The summed E-state index contributed by atoms with van der Waals surface area (Å²) < 4.78 is 46.5. The van der Waals surface area contributed by atoms with Crippen LogP contribution in [0.5, 0.6) is 0 Å². The summed E-state index contributed by atoms with van der Waals surface area (Å²) >= 11 is 5.20. The highest BCUT2D eigenvalue weighted by Crippen LogP contribution is 2.13. The van der Waals surface area contributed by atoms with Crippen LogP contribution in [-0.2, 0) is 19.9 Å². The second-order valence-electron chi connectivity index (χ2n) is 3.27. The van der Waals surface area contributed by atoms with Gasteiger partial charge in [-0.3, -0.25) is 0 Å². The van der Waals surface area contributed by atoms with Gasteiger partial charge in [0.25, 0.3) is 0 Å². The summed E-state index contributed by atoms with van der Waals surface area (Å²) in [4.78, 5) is 0. The number of nitrogens with one attached hydrogen (secondary N) is 1. The van der Waals surface area contributed by atoms with E-state index in [1.807, 2.05) is 0 Å². The Morgan fingerprint density at radius 3 is 2.21 bits per heavy atom. The number of halogens is 1. The van der Waals surface area contributed by atoms with Gasteiger partial charge in [0, 0.05) is 6.04 Å². The van der Waals surface area contributed by atoms with Gasteiger partial charge >= 0.3 is 0 Å². The SMILES string of the molecule is O=S1(=O)CCC(NS(=O)(=O)CCl)CC1. The Morgan fingerprint density at radius 1 is 1.29 bits per heavy atom. The van der Waals surface area contributed by atoms with Crippen LogP contribution in [0, 0.1) is 0 Å². The third-order valence-corrected chi connectivity index (χ3v) is 5.60. The maximum Gasteiger partial charge on any atom is 0.225 e. The topological polar surface area (TPSA) is 80.3 Å². The fourth-order valence-corrected chi connectivity index (χ4v) is 3.78. The van der Waals surface area contributed by atoms with Crippen LogP contribution in [0.1, 0.15) is 12.8 Å². The number of hydrogen-bond donors (Lipinski definition) is 1. The fourth-order valence-electron chi connectivity index (χ4n) is 1.29. The van der Waals surface area contributed by atoms with Crippen LogP contribution < -0.4 is 4.72 Å². The molecule has 0 radical (unpaired) electrons. The van der Waals surface area contributed by atoms with Crippen molar-refractivity contribution in [1.82, 2.24) is 4.72 Å². The summed E-state index contributed by atoms with van der Waals surface area (Å²) in [6.45, 7) is 0. The van der Waals surface area contributed by atoms with E-state index in [1.54, 1.807) is 0 Å². The average Bonchev–Trinajstić information content (AvgIpc) is 2.09. The second kappa shape index (κ2) is 4.34. The van der Waals surface area contributed by atoms with Crippen molar-refractivity contribution < 1.29 is 16.8 Å². The van der Waals surface area contributed by atoms with Crippen LogP contribution in [0.2, 0.25) is 0 Å². The molecule has 1 rings (SSSR count). The maximum absolute atomic E-state index is 11.0. The number of sulfone groups is 1. The van der Waals surface area contributed by atoms with E-state index in [2.05, 4.69) is 4.72 Å². The van der Waals surface area contributed by atoms with Crippen molar-refractivity contribution in [3.8, 4) is 0 Å². The predicted octanol–water partition coefficient (Wildman–Crippen LogP) is -0.321. The molecule has 84 valence electrons. The van der Waals surface area contributed by atoms with Gasteiger partial charge in [0.05, 0.1) is 11.5 Å². The van der Waals surface area contributed by atoms with E-state index in [1.165, 1.54) is 0 Å². The Kier molecular flexibility index (Phi) is 3.79. The molecular weight excluding hydrogens is 250 g/mol. The summed E-state index contributed by atoms with van der Waals surface area (Å²) in [7, 11) is -6.38. The van der Waals surface area contributed by atoms with Crippen molar-refractivity contribution >= 4 is 31.5 Å². The van der Waals surface area contributed by atoms with Crippen molar-refractivity contribution in [2.45, 2.75) is 18.9 Å². The molecule has 0 spiro atoms. The number of alkyl halides is 1. The fraction of sp³-hybridized carbons (Fsp3) is 1.00. The zero-order valence-electron chi connectivity index (χ0n) is 7.44. The monoisotopic (exact) mass is 261 g/mol. The zero-order valence-corrected chi connectivity index (χ0v) is 9.83. The minimum absolute atomic E-state index is 0.0441. The van der Waals surface area contributed by atoms with Crippen LogP contribution in [0.3, 0.4) is 0 Å². The molecule has 0 aromatic carbocycles. The predicted molar refractivity (Wildman–Crippen MR) is 54.5 cm³/mol. The van der Waals surface area contributed by atoms with Crippen LogP contribution in [0.15, 0.2) is 0 Å². The molecule has 0 aliphatic carbocycles. The van der Waals surface area contributed by atoms with Crippen LogP contribution in [0.25, 0.3) is 0 Å².